The summed E-state index contributed by atoms with van der Waals surface area (Å²) in [7, 11) is 0. The molecule has 1 saturated heterocycles. The zero-order valence-corrected chi connectivity index (χ0v) is 12.1. The SMILES string of the molecule is Cc1ccc2nc(N3CCN(CCC(=O)O)CC3)oc2c1. The number of aromatic nitrogens is 1. The van der Waals surface area contributed by atoms with Crippen molar-refractivity contribution in [1.82, 2.24) is 9.88 Å². The van der Waals surface area contributed by atoms with Crippen LogP contribution in [0.15, 0.2) is 22.6 Å². The Bertz CT molecular complexity index is 645. The summed E-state index contributed by atoms with van der Waals surface area (Å²) in [5, 5.41) is 8.72. The van der Waals surface area contributed by atoms with Crippen molar-refractivity contribution in [2.45, 2.75) is 13.3 Å². The Kier molecular flexibility index (Phi) is 3.79. The van der Waals surface area contributed by atoms with Gasteiger partial charge in [-0.15, -0.1) is 0 Å². The number of carbonyl (C=O) groups is 1. The molecule has 1 fully saturated rings. The Morgan fingerprint density at radius 2 is 2.10 bits per heavy atom. The highest BCUT2D eigenvalue weighted by atomic mass is 16.4. The number of benzene rings is 1. The topological polar surface area (TPSA) is 69.8 Å². The summed E-state index contributed by atoms with van der Waals surface area (Å²) >= 11 is 0. The normalized spacial score (nSPS) is 16.5. The van der Waals surface area contributed by atoms with Crippen LogP contribution in [0.4, 0.5) is 6.01 Å². The van der Waals surface area contributed by atoms with Gasteiger partial charge in [0.25, 0.3) is 6.01 Å². The maximum absolute atomic E-state index is 10.6. The largest absolute Gasteiger partial charge is 0.481 e. The van der Waals surface area contributed by atoms with Gasteiger partial charge < -0.3 is 14.4 Å². The number of nitrogens with zero attached hydrogens (tertiary/aromatic N) is 3. The van der Waals surface area contributed by atoms with E-state index in [-0.39, 0.29) is 6.42 Å². The molecule has 0 aliphatic carbocycles. The number of piperazine rings is 1. The van der Waals surface area contributed by atoms with Crippen LogP contribution in [0.25, 0.3) is 11.1 Å². The molecule has 0 amide bonds. The van der Waals surface area contributed by atoms with E-state index in [1.165, 1.54) is 0 Å². The number of carboxylic acid groups (broad SMARTS) is 1. The average molecular weight is 289 g/mol. The zero-order valence-electron chi connectivity index (χ0n) is 12.1. The van der Waals surface area contributed by atoms with Gasteiger partial charge in [0.05, 0.1) is 6.42 Å². The summed E-state index contributed by atoms with van der Waals surface area (Å²) in [5.41, 5.74) is 2.85. The Hall–Kier alpha value is -2.08. The molecular weight excluding hydrogens is 270 g/mol. The van der Waals surface area contributed by atoms with Gasteiger partial charge in [0.1, 0.15) is 5.52 Å². The third-order valence-electron chi connectivity index (χ3n) is 3.82. The van der Waals surface area contributed by atoms with Gasteiger partial charge in [0.2, 0.25) is 0 Å². The molecule has 6 heteroatoms. The van der Waals surface area contributed by atoms with Crippen molar-refractivity contribution in [3.8, 4) is 0 Å². The van der Waals surface area contributed by atoms with E-state index in [2.05, 4.69) is 14.8 Å². The van der Waals surface area contributed by atoms with Gasteiger partial charge in [-0.2, -0.15) is 4.98 Å². The van der Waals surface area contributed by atoms with Gasteiger partial charge in [-0.1, -0.05) is 6.07 Å². The molecule has 6 nitrogen and oxygen atoms in total. The highest BCUT2D eigenvalue weighted by Gasteiger charge is 2.21. The Morgan fingerprint density at radius 3 is 2.81 bits per heavy atom. The van der Waals surface area contributed by atoms with Crippen molar-refractivity contribution in [3.63, 3.8) is 0 Å². The molecule has 112 valence electrons. The zero-order chi connectivity index (χ0) is 14.8. The van der Waals surface area contributed by atoms with Crippen LogP contribution in [-0.2, 0) is 4.79 Å². The third-order valence-corrected chi connectivity index (χ3v) is 3.82. The van der Waals surface area contributed by atoms with Crippen molar-refractivity contribution >= 4 is 23.1 Å². The fraction of sp³-hybridized carbons (Fsp3) is 0.467. The molecule has 0 unspecified atom stereocenters. The Labute approximate surface area is 123 Å². The predicted octanol–water partition coefficient (Wildman–Crippen LogP) is 1.73. The van der Waals surface area contributed by atoms with Crippen LogP contribution in [0.1, 0.15) is 12.0 Å². The number of hydrogen-bond acceptors (Lipinski definition) is 5. The van der Waals surface area contributed by atoms with E-state index >= 15 is 0 Å². The minimum absolute atomic E-state index is 0.197. The van der Waals surface area contributed by atoms with Crippen LogP contribution >= 0.6 is 0 Å². The van der Waals surface area contributed by atoms with Crippen molar-refractivity contribution in [3.05, 3.63) is 23.8 Å². The summed E-state index contributed by atoms with van der Waals surface area (Å²) in [5.74, 6) is -0.744. The summed E-state index contributed by atoms with van der Waals surface area (Å²) in [6.45, 7) is 5.94. The maximum Gasteiger partial charge on any atom is 0.304 e. The molecule has 0 spiro atoms. The first-order chi connectivity index (χ1) is 10.1. The summed E-state index contributed by atoms with van der Waals surface area (Å²) in [6, 6.07) is 6.65. The van der Waals surface area contributed by atoms with Crippen LogP contribution < -0.4 is 4.90 Å². The second-order valence-electron chi connectivity index (χ2n) is 5.44. The Balaban J connectivity index is 1.64. The smallest absolute Gasteiger partial charge is 0.304 e. The first-order valence-electron chi connectivity index (χ1n) is 7.18. The molecule has 2 heterocycles. The lowest BCUT2D eigenvalue weighted by molar-refractivity contribution is -0.137. The average Bonchev–Trinajstić information content (AvgIpc) is 2.88. The van der Waals surface area contributed by atoms with Crippen molar-refractivity contribution < 1.29 is 14.3 Å². The molecule has 1 aromatic heterocycles. The summed E-state index contributed by atoms with van der Waals surface area (Å²) < 4.78 is 5.82. The standard InChI is InChI=1S/C15H19N3O3/c1-11-2-3-12-13(10-11)21-15(16-12)18-8-6-17(7-9-18)5-4-14(19)20/h2-3,10H,4-9H2,1H3,(H,19,20). The van der Waals surface area contributed by atoms with Gasteiger partial charge in [0.15, 0.2) is 5.58 Å². The number of hydrogen-bond donors (Lipinski definition) is 1. The number of aryl methyl sites for hydroxylation is 1. The number of anilines is 1. The minimum atomic E-state index is -0.744. The van der Waals surface area contributed by atoms with Gasteiger partial charge in [-0.3, -0.25) is 9.69 Å². The fourth-order valence-electron chi connectivity index (χ4n) is 2.57. The second kappa shape index (κ2) is 5.73. The molecule has 2 aromatic rings. The molecule has 1 aliphatic heterocycles. The highest BCUT2D eigenvalue weighted by molar-refractivity contribution is 5.75. The number of fused-ring (bicyclic) bond motifs is 1. The molecule has 0 bridgehead atoms. The molecular formula is C15H19N3O3. The molecule has 21 heavy (non-hydrogen) atoms. The van der Waals surface area contributed by atoms with E-state index in [1.807, 2.05) is 25.1 Å². The van der Waals surface area contributed by atoms with Crippen LogP contribution in [0.5, 0.6) is 0 Å². The third kappa shape index (κ3) is 3.16. The van der Waals surface area contributed by atoms with E-state index in [9.17, 15) is 4.79 Å². The lowest BCUT2D eigenvalue weighted by atomic mass is 10.2. The van der Waals surface area contributed by atoms with Crippen molar-refractivity contribution in [2.75, 3.05) is 37.6 Å². The molecule has 0 atom stereocenters. The van der Waals surface area contributed by atoms with E-state index in [1.54, 1.807) is 0 Å². The van der Waals surface area contributed by atoms with Crippen molar-refractivity contribution in [1.29, 1.82) is 0 Å². The summed E-state index contributed by atoms with van der Waals surface area (Å²) in [6.07, 6.45) is 0.197. The predicted molar refractivity (Wildman–Crippen MR) is 79.7 cm³/mol. The number of aliphatic carboxylic acids is 1. The number of rotatable bonds is 4. The lowest BCUT2D eigenvalue weighted by Gasteiger charge is -2.33. The van der Waals surface area contributed by atoms with Crippen LogP contribution in [0, 0.1) is 6.92 Å². The quantitative estimate of drug-likeness (QED) is 0.924. The monoisotopic (exact) mass is 289 g/mol. The van der Waals surface area contributed by atoms with Gasteiger partial charge >= 0.3 is 5.97 Å². The van der Waals surface area contributed by atoms with E-state index < -0.39 is 5.97 Å². The maximum atomic E-state index is 10.6. The van der Waals surface area contributed by atoms with Crippen LogP contribution in [0.2, 0.25) is 0 Å². The van der Waals surface area contributed by atoms with Crippen molar-refractivity contribution in [2.24, 2.45) is 0 Å². The van der Waals surface area contributed by atoms with E-state index in [0.717, 1.165) is 42.8 Å². The Morgan fingerprint density at radius 1 is 1.33 bits per heavy atom. The van der Waals surface area contributed by atoms with Gasteiger partial charge in [0, 0.05) is 32.7 Å². The molecule has 0 saturated carbocycles. The highest BCUT2D eigenvalue weighted by Crippen LogP contribution is 2.23. The van der Waals surface area contributed by atoms with Crippen LogP contribution in [0.3, 0.4) is 0 Å². The van der Waals surface area contributed by atoms with Crippen LogP contribution in [-0.4, -0.2) is 53.7 Å². The molecule has 0 radical (unpaired) electrons. The minimum Gasteiger partial charge on any atom is -0.481 e. The van der Waals surface area contributed by atoms with E-state index in [0.29, 0.717) is 12.6 Å². The first-order valence-corrected chi connectivity index (χ1v) is 7.18. The number of oxazole rings is 1. The molecule has 3 rings (SSSR count). The molecule has 1 N–H and O–H groups in total. The number of carboxylic acids is 1. The fourth-order valence-corrected chi connectivity index (χ4v) is 2.57. The summed E-state index contributed by atoms with van der Waals surface area (Å²) in [4.78, 5) is 19.4. The molecule has 1 aliphatic rings. The molecule has 1 aromatic carbocycles. The van der Waals surface area contributed by atoms with Gasteiger partial charge in [-0.25, -0.2) is 0 Å². The van der Waals surface area contributed by atoms with E-state index in [4.69, 9.17) is 9.52 Å². The lowest BCUT2D eigenvalue weighted by Crippen LogP contribution is -2.47. The van der Waals surface area contributed by atoms with Gasteiger partial charge in [-0.05, 0) is 24.6 Å². The second-order valence-corrected chi connectivity index (χ2v) is 5.44. The first kappa shape index (κ1) is 13.9.